The van der Waals surface area contributed by atoms with Crippen LogP contribution in [-0.2, 0) is 0 Å². The highest BCUT2D eigenvalue weighted by Gasteiger charge is 2.14. The minimum atomic E-state index is 0.544. The van der Waals surface area contributed by atoms with E-state index in [4.69, 9.17) is 0 Å². The highest BCUT2D eigenvalue weighted by atomic mass is 15.2. The fourth-order valence-electron chi connectivity index (χ4n) is 1.56. The van der Waals surface area contributed by atoms with Crippen LogP contribution in [0, 0.1) is 6.92 Å². The summed E-state index contributed by atoms with van der Waals surface area (Å²) in [5, 5.41) is 3.34. The molecule has 1 radical (unpaired) electrons. The summed E-state index contributed by atoms with van der Waals surface area (Å²) in [6.45, 7) is 11.0. The molecule has 1 rings (SSSR count). The molecule has 0 amide bonds. The van der Waals surface area contributed by atoms with Gasteiger partial charge in [-0.05, 0) is 13.3 Å². The van der Waals surface area contributed by atoms with Crippen LogP contribution in [0.5, 0.6) is 0 Å². The van der Waals surface area contributed by atoms with E-state index in [9.17, 15) is 0 Å². The maximum atomic E-state index is 4.15. The smallest absolute Gasteiger partial charge is 0.0110 e. The zero-order valence-electron chi connectivity index (χ0n) is 7.47. The molecule has 1 N–H and O–H groups in total. The standard InChI is InChI=1S/C9H19N2/c1-3-4-9(2)11-7-5-10-6-8-11/h9-10H,2-8H2,1H3. The Bertz CT molecular complexity index is 97.7. The van der Waals surface area contributed by atoms with Gasteiger partial charge in [0.15, 0.2) is 0 Å². The Balaban J connectivity index is 2.21. The Hall–Kier alpha value is -0.0800. The first-order chi connectivity index (χ1) is 5.34. The second kappa shape index (κ2) is 4.73. The van der Waals surface area contributed by atoms with Gasteiger partial charge in [0, 0.05) is 32.2 Å². The van der Waals surface area contributed by atoms with Crippen LogP contribution in [0.1, 0.15) is 19.8 Å². The van der Waals surface area contributed by atoms with E-state index in [1.165, 1.54) is 25.9 Å². The van der Waals surface area contributed by atoms with Crippen LogP contribution >= 0.6 is 0 Å². The van der Waals surface area contributed by atoms with E-state index in [0.717, 1.165) is 13.1 Å². The van der Waals surface area contributed by atoms with Gasteiger partial charge in [0.05, 0.1) is 0 Å². The lowest BCUT2D eigenvalue weighted by Gasteiger charge is -2.32. The van der Waals surface area contributed by atoms with Crippen molar-refractivity contribution in [1.29, 1.82) is 0 Å². The Kier molecular flexibility index (Phi) is 3.87. The number of hydrogen-bond donors (Lipinski definition) is 1. The fourth-order valence-corrected chi connectivity index (χ4v) is 1.56. The third-order valence-electron chi connectivity index (χ3n) is 2.29. The lowest BCUT2D eigenvalue weighted by Crippen LogP contribution is -2.47. The molecule has 0 bridgehead atoms. The van der Waals surface area contributed by atoms with Crippen molar-refractivity contribution >= 4 is 0 Å². The molecule has 1 aliphatic heterocycles. The zero-order chi connectivity index (χ0) is 8.10. The number of hydrogen-bond acceptors (Lipinski definition) is 2. The zero-order valence-corrected chi connectivity index (χ0v) is 7.47. The third-order valence-corrected chi connectivity index (χ3v) is 2.29. The maximum Gasteiger partial charge on any atom is 0.0110 e. The van der Waals surface area contributed by atoms with E-state index in [2.05, 4.69) is 24.1 Å². The van der Waals surface area contributed by atoms with E-state index in [1.54, 1.807) is 0 Å². The molecule has 0 saturated carbocycles. The Labute approximate surface area is 70.0 Å². The van der Waals surface area contributed by atoms with Gasteiger partial charge in [-0.3, -0.25) is 4.90 Å². The lowest BCUT2D eigenvalue weighted by molar-refractivity contribution is 0.192. The molecule has 1 saturated heterocycles. The van der Waals surface area contributed by atoms with Crippen molar-refractivity contribution in [3.8, 4) is 0 Å². The van der Waals surface area contributed by atoms with Crippen molar-refractivity contribution < 1.29 is 0 Å². The first-order valence-corrected chi connectivity index (χ1v) is 4.62. The topological polar surface area (TPSA) is 15.3 Å². The van der Waals surface area contributed by atoms with E-state index in [0.29, 0.717) is 6.04 Å². The molecular formula is C9H19N2. The summed E-state index contributed by atoms with van der Waals surface area (Å²) in [5.41, 5.74) is 0. The minimum Gasteiger partial charge on any atom is -0.314 e. The Morgan fingerprint density at radius 1 is 1.45 bits per heavy atom. The molecule has 1 unspecified atom stereocenters. The fraction of sp³-hybridized carbons (Fsp3) is 0.889. The first kappa shape index (κ1) is 9.01. The molecule has 2 heteroatoms. The molecule has 65 valence electrons. The predicted octanol–water partition coefficient (Wildman–Crippen LogP) is 0.894. The summed E-state index contributed by atoms with van der Waals surface area (Å²) in [4.78, 5) is 2.47. The molecule has 1 heterocycles. The van der Waals surface area contributed by atoms with Gasteiger partial charge in [0.2, 0.25) is 0 Å². The molecule has 1 aliphatic rings. The van der Waals surface area contributed by atoms with Gasteiger partial charge < -0.3 is 5.32 Å². The van der Waals surface area contributed by atoms with Gasteiger partial charge in [-0.15, -0.1) is 0 Å². The minimum absolute atomic E-state index is 0.544. The van der Waals surface area contributed by atoms with Crippen molar-refractivity contribution in [3.63, 3.8) is 0 Å². The van der Waals surface area contributed by atoms with E-state index in [-0.39, 0.29) is 0 Å². The second-order valence-electron chi connectivity index (χ2n) is 3.23. The van der Waals surface area contributed by atoms with Gasteiger partial charge >= 0.3 is 0 Å². The molecule has 0 aromatic rings. The molecule has 0 aromatic heterocycles. The van der Waals surface area contributed by atoms with Crippen molar-refractivity contribution in [2.24, 2.45) is 0 Å². The number of piperazine rings is 1. The summed E-state index contributed by atoms with van der Waals surface area (Å²) in [6.07, 6.45) is 2.48. The summed E-state index contributed by atoms with van der Waals surface area (Å²) >= 11 is 0. The number of nitrogens with one attached hydrogen (secondary N) is 1. The van der Waals surface area contributed by atoms with Gasteiger partial charge in [0.1, 0.15) is 0 Å². The highest BCUT2D eigenvalue weighted by molar-refractivity contribution is 4.77. The van der Waals surface area contributed by atoms with Crippen LogP contribution in [0.15, 0.2) is 0 Å². The van der Waals surface area contributed by atoms with Crippen molar-refractivity contribution in [3.05, 3.63) is 6.92 Å². The van der Waals surface area contributed by atoms with Crippen LogP contribution in [0.3, 0.4) is 0 Å². The first-order valence-electron chi connectivity index (χ1n) is 4.62. The maximum absolute atomic E-state index is 4.15. The van der Waals surface area contributed by atoms with E-state index < -0.39 is 0 Å². The monoisotopic (exact) mass is 155 g/mol. The van der Waals surface area contributed by atoms with Crippen molar-refractivity contribution in [1.82, 2.24) is 10.2 Å². The quantitative estimate of drug-likeness (QED) is 0.651. The van der Waals surface area contributed by atoms with Crippen LogP contribution in [0.2, 0.25) is 0 Å². The Morgan fingerprint density at radius 3 is 2.64 bits per heavy atom. The summed E-state index contributed by atoms with van der Waals surface area (Å²) in [7, 11) is 0. The largest absolute Gasteiger partial charge is 0.314 e. The predicted molar refractivity (Wildman–Crippen MR) is 48.5 cm³/mol. The van der Waals surface area contributed by atoms with Gasteiger partial charge in [-0.25, -0.2) is 0 Å². The summed E-state index contributed by atoms with van der Waals surface area (Å²) in [5.74, 6) is 0. The summed E-state index contributed by atoms with van der Waals surface area (Å²) < 4.78 is 0. The normalized spacial score (nSPS) is 23.5. The van der Waals surface area contributed by atoms with Crippen molar-refractivity contribution in [2.75, 3.05) is 26.2 Å². The van der Waals surface area contributed by atoms with Gasteiger partial charge in [-0.2, -0.15) is 0 Å². The molecule has 1 fully saturated rings. The molecular weight excluding hydrogens is 136 g/mol. The third kappa shape index (κ3) is 2.80. The lowest BCUT2D eigenvalue weighted by atomic mass is 10.1. The molecule has 0 spiro atoms. The summed E-state index contributed by atoms with van der Waals surface area (Å²) in [6, 6.07) is 0.544. The van der Waals surface area contributed by atoms with Crippen LogP contribution in [0.25, 0.3) is 0 Å². The number of nitrogens with zero attached hydrogens (tertiary/aromatic N) is 1. The molecule has 2 nitrogen and oxygen atoms in total. The van der Waals surface area contributed by atoms with Gasteiger partial charge in [-0.1, -0.05) is 13.3 Å². The number of rotatable bonds is 3. The average Bonchev–Trinajstić information content (AvgIpc) is 2.07. The van der Waals surface area contributed by atoms with Crippen molar-refractivity contribution in [2.45, 2.75) is 25.8 Å². The molecule has 0 aliphatic carbocycles. The molecule has 1 atom stereocenters. The second-order valence-corrected chi connectivity index (χ2v) is 3.23. The molecule has 11 heavy (non-hydrogen) atoms. The Morgan fingerprint density at radius 2 is 2.09 bits per heavy atom. The van der Waals surface area contributed by atoms with Crippen LogP contribution in [0.4, 0.5) is 0 Å². The van der Waals surface area contributed by atoms with E-state index in [1.807, 2.05) is 0 Å². The van der Waals surface area contributed by atoms with E-state index >= 15 is 0 Å². The average molecular weight is 155 g/mol. The highest BCUT2D eigenvalue weighted by Crippen LogP contribution is 2.05. The SMILES string of the molecule is [CH2]C(CCC)N1CCNCC1. The van der Waals surface area contributed by atoms with Crippen LogP contribution < -0.4 is 5.32 Å². The van der Waals surface area contributed by atoms with Gasteiger partial charge in [0.25, 0.3) is 0 Å². The molecule has 0 aromatic carbocycles. The van der Waals surface area contributed by atoms with Crippen LogP contribution in [-0.4, -0.2) is 37.1 Å².